The maximum atomic E-state index is 11.7. The van der Waals surface area contributed by atoms with Gasteiger partial charge in [0.05, 0.1) is 12.7 Å². The second kappa shape index (κ2) is 7.56. The second-order valence-electron chi connectivity index (χ2n) is 4.96. The summed E-state index contributed by atoms with van der Waals surface area (Å²) in [5.74, 6) is 0. The topological polar surface area (TPSA) is 65.0 Å². The van der Waals surface area contributed by atoms with Gasteiger partial charge < -0.3 is 25.0 Å². The van der Waals surface area contributed by atoms with Gasteiger partial charge >= 0.3 is 6.03 Å². The zero-order chi connectivity index (χ0) is 13.5. The van der Waals surface area contributed by atoms with E-state index in [4.69, 9.17) is 4.74 Å². The molecule has 0 aromatic carbocycles. The average molecular weight is 259 g/mol. The van der Waals surface area contributed by atoms with Crippen LogP contribution in [-0.2, 0) is 4.74 Å². The summed E-state index contributed by atoms with van der Waals surface area (Å²) in [6.07, 6.45) is 1.40. The molecule has 6 heteroatoms. The fourth-order valence-corrected chi connectivity index (χ4v) is 2.11. The lowest BCUT2D eigenvalue weighted by atomic mass is 10.1. The molecule has 1 aliphatic heterocycles. The van der Waals surface area contributed by atoms with Crippen LogP contribution in [0.15, 0.2) is 0 Å². The number of nitrogens with zero attached hydrogens (tertiary/aromatic N) is 2. The first-order valence-electron chi connectivity index (χ1n) is 6.41. The number of ether oxygens (including phenoxy) is 1. The average Bonchev–Trinajstić information content (AvgIpc) is 2.36. The predicted octanol–water partition coefficient (Wildman–Crippen LogP) is -0.271. The Morgan fingerprint density at radius 2 is 2.11 bits per heavy atom. The van der Waals surface area contributed by atoms with Gasteiger partial charge in [0.15, 0.2) is 0 Å². The molecule has 0 spiro atoms. The van der Waals surface area contributed by atoms with Gasteiger partial charge in [0, 0.05) is 46.9 Å². The van der Waals surface area contributed by atoms with Crippen LogP contribution in [0.3, 0.4) is 0 Å². The van der Waals surface area contributed by atoms with Gasteiger partial charge in [-0.25, -0.2) is 4.79 Å². The van der Waals surface area contributed by atoms with Crippen molar-refractivity contribution in [3.8, 4) is 0 Å². The molecule has 1 unspecified atom stereocenters. The number of methoxy groups -OCH3 is 1. The summed E-state index contributed by atoms with van der Waals surface area (Å²) in [5.41, 5.74) is 0. The van der Waals surface area contributed by atoms with Crippen molar-refractivity contribution >= 4 is 6.03 Å². The first kappa shape index (κ1) is 15.2. The van der Waals surface area contributed by atoms with E-state index >= 15 is 0 Å². The minimum atomic E-state index is -0.462. The van der Waals surface area contributed by atoms with Crippen LogP contribution >= 0.6 is 0 Å². The summed E-state index contributed by atoms with van der Waals surface area (Å²) in [7, 11) is 5.12. The third kappa shape index (κ3) is 4.80. The summed E-state index contributed by atoms with van der Waals surface area (Å²) >= 11 is 0. The smallest absolute Gasteiger partial charge is 0.319 e. The van der Waals surface area contributed by atoms with Crippen LogP contribution in [0.5, 0.6) is 0 Å². The highest BCUT2D eigenvalue weighted by Crippen LogP contribution is 2.11. The van der Waals surface area contributed by atoms with Gasteiger partial charge in [-0.2, -0.15) is 0 Å². The van der Waals surface area contributed by atoms with Crippen LogP contribution in [0, 0.1) is 0 Å². The number of nitrogens with one attached hydrogen (secondary N) is 1. The van der Waals surface area contributed by atoms with Crippen LogP contribution in [-0.4, -0.2) is 80.5 Å². The largest absolute Gasteiger partial charge is 0.389 e. The number of carbonyl (C=O) groups excluding carboxylic acids is 1. The van der Waals surface area contributed by atoms with Crippen molar-refractivity contribution < 1.29 is 14.6 Å². The minimum Gasteiger partial charge on any atom is -0.389 e. The van der Waals surface area contributed by atoms with Gasteiger partial charge in [0.2, 0.25) is 0 Å². The maximum absolute atomic E-state index is 11.7. The summed E-state index contributed by atoms with van der Waals surface area (Å²) in [6, 6.07) is 0.454. The number of amides is 2. The highest BCUT2D eigenvalue weighted by atomic mass is 16.5. The van der Waals surface area contributed by atoms with Crippen molar-refractivity contribution in [2.75, 3.05) is 47.4 Å². The molecule has 106 valence electrons. The number of hydrogen-bond donors (Lipinski definition) is 2. The fourth-order valence-electron chi connectivity index (χ4n) is 2.11. The Hall–Kier alpha value is -0.850. The number of aliphatic hydroxyl groups excluding tert-OH is 1. The SMILES string of the molecule is COCC(O)CNC1CCN(C(=O)N(C)C)CC1. The predicted molar refractivity (Wildman–Crippen MR) is 69.6 cm³/mol. The van der Waals surface area contributed by atoms with Crippen LogP contribution in [0.1, 0.15) is 12.8 Å². The molecular weight excluding hydrogens is 234 g/mol. The highest BCUT2D eigenvalue weighted by molar-refractivity contribution is 5.73. The van der Waals surface area contributed by atoms with E-state index in [9.17, 15) is 9.90 Å². The molecule has 0 radical (unpaired) electrons. The zero-order valence-corrected chi connectivity index (χ0v) is 11.6. The summed E-state index contributed by atoms with van der Waals surface area (Å²) in [6.45, 7) is 2.44. The first-order valence-corrected chi connectivity index (χ1v) is 6.41. The van der Waals surface area contributed by atoms with Gasteiger partial charge in [-0.15, -0.1) is 0 Å². The quantitative estimate of drug-likeness (QED) is 0.713. The molecule has 2 N–H and O–H groups in total. The molecule has 1 aliphatic rings. The highest BCUT2D eigenvalue weighted by Gasteiger charge is 2.23. The van der Waals surface area contributed by atoms with E-state index < -0.39 is 6.10 Å². The lowest BCUT2D eigenvalue weighted by molar-refractivity contribution is 0.0606. The number of likely N-dealkylation sites (tertiary alicyclic amines) is 1. The Kier molecular flexibility index (Phi) is 6.38. The maximum Gasteiger partial charge on any atom is 0.319 e. The monoisotopic (exact) mass is 259 g/mol. The van der Waals surface area contributed by atoms with Crippen molar-refractivity contribution in [3.05, 3.63) is 0 Å². The molecule has 2 amide bonds. The van der Waals surface area contributed by atoms with E-state index in [2.05, 4.69) is 5.32 Å². The van der Waals surface area contributed by atoms with Gasteiger partial charge in [-0.1, -0.05) is 0 Å². The molecule has 0 aromatic rings. The molecule has 0 saturated carbocycles. The minimum absolute atomic E-state index is 0.0767. The summed E-state index contributed by atoms with van der Waals surface area (Å²) < 4.78 is 4.87. The van der Waals surface area contributed by atoms with Crippen molar-refractivity contribution in [2.45, 2.75) is 25.0 Å². The number of aliphatic hydroxyl groups is 1. The molecule has 1 atom stereocenters. The van der Waals surface area contributed by atoms with E-state index in [1.165, 1.54) is 0 Å². The third-order valence-electron chi connectivity index (χ3n) is 3.15. The van der Waals surface area contributed by atoms with E-state index in [0.29, 0.717) is 19.2 Å². The normalized spacial score (nSPS) is 18.8. The van der Waals surface area contributed by atoms with Crippen LogP contribution in [0.4, 0.5) is 4.79 Å². The fraction of sp³-hybridized carbons (Fsp3) is 0.917. The van der Waals surface area contributed by atoms with E-state index in [1.807, 2.05) is 4.90 Å². The Morgan fingerprint density at radius 1 is 1.50 bits per heavy atom. The van der Waals surface area contributed by atoms with Crippen LogP contribution in [0.2, 0.25) is 0 Å². The number of carbonyl (C=O) groups is 1. The van der Waals surface area contributed by atoms with Crippen molar-refractivity contribution in [2.24, 2.45) is 0 Å². The first-order chi connectivity index (χ1) is 8.54. The summed E-state index contributed by atoms with van der Waals surface area (Å²) in [4.78, 5) is 15.2. The number of urea groups is 1. The molecule has 0 aromatic heterocycles. The van der Waals surface area contributed by atoms with Crippen molar-refractivity contribution in [3.63, 3.8) is 0 Å². The lowest BCUT2D eigenvalue weighted by Gasteiger charge is -2.34. The van der Waals surface area contributed by atoms with E-state index in [1.54, 1.807) is 26.1 Å². The molecule has 1 rings (SSSR count). The van der Waals surface area contributed by atoms with Gasteiger partial charge in [-0.05, 0) is 12.8 Å². The number of rotatable bonds is 5. The Balaban J connectivity index is 2.21. The van der Waals surface area contributed by atoms with Crippen molar-refractivity contribution in [1.29, 1.82) is 0 Å². The van der Waals surface area contributed by atoms with Crippen LogP contribution in [0.25, 0.3) is 0 Å². The molecule has 1 heterocycles. The Morgan fingerprint density at radius 3 is 2.61 bits per heavy atom. The van der Waals surface area contributed by atoms with Gasteiger partial charge in [0.1, 0.15) is 0 Å². The Labute approximate surface area is 109 Å². The molecular formula is C12H25N3O3. The summed E-state index contributed by atoms with van der Waals surface area (Å²) in [5, 5.41) is 12.8. The molecule has 1 saturated heterocycles. The standard InChI is InChI=1S/C12H25N3O3/c1-14(2)12(17)15-6-4-10(5-7-15)13-8-11(16)9-18-3/h10-11,13,16H,4-9H2,1-3H3. The molecule has 0 aliphatic carbocycles. The molecule has 0 bridgehead atoms. The lowest BCUT2D eigenvalue weighted by Crippen LogP contribution is -2.49. The Bertz CT molecular complexity index is 253. The van der Waals surface area contributed by atoms with Crippen LogP contribution < -0.4 is 5.32 Å². The van der Waals surface area contributed by atoms with Gasteiger partial charge in [-0.3, -0.25) is 0 Å². The molecule has 18 heavy (non-hydrogen) atoms. The molecule has 1 fully saturated rings. The molecule has 6 nitrogen and oxygen atoms in total. The second-order valence-corrected chi connectivity index (χ2v) is 4.96. The van der Waals surface area contributed by atoms with E-state index in [0.717, 1.165) is 25.9 Å². The van der Waals surface area contributed by atoms with Gasteiger partial charge in [0.25, 0.3) is 0 Å². The number of hydrogen-bond acceptors (Lipinski definition) is 4. The number of piperidine rings is 1. The zero-order valence-electron chi connectivity index (χ0n) is 11.6. The third-order valence-corrected chi connectivity index (χ3v) is 3.15. The van der Waals surface area contributed by atoms with Crippen molar-refractivity contribution in [1.82, 2.24) is 15.1 Å². The van der Waals surface area contributed by atoms with E-state index in [-0.39, 0.29) is 6.03 Å².